The van der Waals surface area contributed by atoms with Crippen molar-refractivity contribution < 1.29 is 32.5 Å². The number of morpholine rings is 1. The third-order valence-electron chi connectivity index (χ3n) is 6.88. The Balaban J connectivity index is 1.38. The van der Waals surface area contributed by atoms with Gasteiger partial charge in [0.25, 0.3) is 0 Å². The maximum absolute atomic E-state index is 13.3. The van der Waals surface area contributed by atoms with Gasteiger partial charge in [-0.2, -0.15) is 8.78 Å². The summed E-state index contributed by atoms with van der Waals surface area (Å²) < 4.78 is 50.0. The average molecular weight is 516 g/mol. The van der Waals surface area contributed by atoms with Crippen molar-refractivity contribution in [1.82, 2.24) is 14.3 Å². The zero-order chi connectivity index (χ0) is 25.9. The van der Waals surface area contributed by atoms with Crippen LogP contribution in [0.2, 0.25) is 0 Å². The molecule has 1 atom stereocenters. The van der Waals surface area contributed by atoms with E-state index in [1.165, 1.54) is 13.2 Å². The fourth-order valence-corrected chi connectivity index (χ4v) is 4.69. The number of nitrogens with zero attached hydrogens (tertiary/aromatic N) is 3. The molecule has 0 N–H and O–H groups in total. The van der Waals surface area contributed by atoms with Gasteiger partial charge in [0.05, 0.1) is 32.2 Å². The molecule has 0 spiro atoms. The Kier molecular flexibility index (Phi) is 7.57. The van der Waals surface area contributed by atoms with Crippen LogP contribution in [0.3, 0.4) is 0 Å². The van der Waals surface area contributed by atoms with Gasteiger partial charge in [0.1, 0.15) is 35.1 Å². The number of ether oxygens (including phenoxy) is 4. The van der Waals surface area contributed by atoms with Crippen LogP contribution in [-0.4, -0.2) is 72.7 Å². The summed E-state index contributed by atoms with van der Waals surface area (Å²) in [7, 11) is 1.41. The van der Waals surface area contributed by atoms with Crippen LogP contribution in [-0.2, 0) is 4.74 Å². The molecule has 1 aromatic carbocycles. The molecule has 3 aromatic rings. The smallest absolute Gasteiger partial charge is 0.387 e. The van der Waals surface area contributed by atoms with Crippen molar-refractivity contribution in [3.8, 4) is 28.5 Å². The van der Waals surface area contributed by atoms with Crippen molar-refractivity contribution in [2.75, 3.05) is 40.0 Å². The topological polar surface area (TPSA) is 74.5 Å². The highest BCUT2D eigenvalue weighted by Crippen LogP contribution is 2.40. The number of fused-ring (bicyclic) bond motifs is 1. The molecule has 8 nitrogen and oxygen atoms in total. The van der Waals surface area contributed by atoms with Crippen LogP contribution in [0.5, 0.6) is 17.2 Å². The fourth-order valence-electron chi connectivity index (χ4n) is 4.69. The van der Waals surface area contributed by atoms with E-state index < -0.39 is 6.61 Å². The minimum absolute atomic E-state index is 0.0533. The zero-order valence-electron chi connectivity index (χ0n) is 21.0. The first-order valence-electron chi connectivity index (χ1n) is 12.5. The predicted molar refractivity (Wildman–Crippen MR) is 133 cm³/mol. The number of hydrogen-bond donors (Lipinski definition) is 0. The maximum Gasteiger partial charge on any atom is 0.387 e. The van der Waals surface area contributed by atoms with Crippen molar-refractivity contribution in [2.45, 2.75) is 38.8 Å². The summed E-state index contributed by atoms with van der Waals surface area (Å²) in [6.45, 7) is 2.75. The van der Waals surface area contributed by atoms with Gasteiger partial charge >= 0.3 is 6.61 Å². The van der Waals surface area contributed by atoms with Gasteiger partial charge < -0.3 is 18.9 Å². The average Bonchev–Trinajstić information content (AvgIpc) is 3.59. The van der Waals surface area contributed by atoms with Crippen molar-refractivity contribution in [3.63, 3.8) is 0 Å². The Morgan fingerprint density at radius 2 is 2.05 bits per heavy atom. The molecule has 198 valence electrons. The van der Waals surface area contributed by atoms with Crippen molar-refractivity contribution in [2.24, 2.45) is 5.92 Å². The molecular formula is C27H31F2N3O5. The van der Waals surface area contributed by atoms with Gasteiger partial charge in [-0.1, -0.05) is 0 Å². The number of aromatic nitrogens is 2. The van der Waals surface area contributed by atoms with Gasteiger partial charge in [-0.25, -0.2) is 4.98 Å². The zero-order valence-corrected chi connectivity index (χ0v) is 21.0. The van der Waals surface area contributed by atoms with E-state index in [-0.39, 0.29) is 29.3 Å². The first-order valence-corrected chi connectivity index (χ1v) is 12.5. The highest BCUT2D eigenvalue weighted by molar-refractivity contribution is 6.02. The fraction of sp³-hybridized carbons (Fsp3) is 0.481. The minimum Gasteiger partial charge on any atom is -0.496 e. The summed E-state index contributed by atoms with van der Waals surface area (Å²) in [5, 5.41) is 0. The summed E-state index contributed by atoms with van der Waals surface area (Å²) in [6, 6.07) is 7.14. The number of methoxy groups -OCH3 is 1. The molecule has 0 radical (unpaired) electrons. The summed E-state index contributed by atoms with van der Waals surface area (Å²) >= 11 is 0. The van der Waals surface area contributed by atoms with Gasteiger partial charge in [-0.3, -0.25) is 14.1 Å². The number of halogens is 2. The molecule has 1 aliphatic heterocycles. The second kappa shape index (κ2) is 11.0. The number of carbonyl (C=O) groups excluding carboxylic acids is 1. The molecule has 10 heteroatoms. The lowest BCUT2D eigenvalue weighted by Gasteiger charge is -2.32. The van der Waals surface area contributed by atoms with Gasteiger partial charge in [0, 0.05) is 43.4 Å². The summed E-state index contributed by atoms with van der Waals surface area (Å²) in [4.78, 5) is 19.7. The van der Waals surface area contributed by atoms with Crippen LogP contribution >= 0.6 is 0 Å². The monoisotopic (exact) mass is 515 g/mol. The molecule has 37 heavy (non-hydrogen) atoms. The lowest BCUT2D eigenvalue weighted by Crippen LogP contribution is -2.45. The highest BCUT2D eigenvalue weighted by atomic mass is 19.3. The Morgan fingerprint density at radius 3 is 2.78 bits per heavy atom. The largest absolute Gasteiger partial charge is 0.496 e. The number of imidazole rings is 1. The lowest BCUT2D eigenvalue weighted by atomic mass is 10.00. The van der Waals surface area contributed by atoms with Crippen LogP contribution in [0.15, 0.2) is 36.7 Å². The van der Waals surface area contributed by atoms with Crippen molar-refractivity contribution in [1.29, 1.82) is 0 Å². The first kappa shape index (κ1) is 25.4. The highest BCUT2D eigenvalue weighted by Gasteiger charge is 2.30. The van der Waals surface area contributed by atoms with Crippen LogP contribution in [0.4, 0.5) is 8.78 Å². The quantitative estimate of drug-likeness (QED) is 0.343. The molecule has 2 aliphatic rings. The Morgan fingerprint density at radius 1 is 1.24 bits per heavy atom. The molecule has 3 heterocycles. The first-order chi connectivity index (χ1) is 17.9. The number of Topliss-reactive ketones (excluding diaryl/α,β-unsaturated/α-hetero) is 1. The number of benzene rings is 1. The van der Waals surface area contributed by atoms with Crippen LogP contribution in [0, 0.1) is 5.92 Å². The van der Waals surface area contributed by atoms with Gasteiger partial charge in [0.15, 0.2) is 5.78 Å². The summed E-state index contributed by atoms with van der Waals surface area (Å²) in [6.07, 6.45) is 5.68. The second-order valence-corrected chi connectivity index (χ2v) is 9.54. The third kappa shape index (κ3) is 5.86. The standard InChI is InChI=1S/C27H31F2N3O5/c1-17-16-35-9-7-31(17)8-10-36-20-5-6-32-21(15-30-25(32)14-20)19-12-23(34-2)26(22(33)11-18-3-4-18)24(13-19)37-27(28)29/h5-6,12-15,17-18,27H,3-4,7-11,16H2,1-2H3. The Hall–Kier alpha value is -3.24. The van der Waals surface area contributed by atoms with Crippen LogP contribution < -0.4 is 14.2 Å². The summed E-state index contributed by atoms with van der Waals surface area (Å²) in [5.74, 6) is 0.732. The molecule has 1 saturated heterocycles. The number of rotatable bonds is 11. The van der Waals surface area contributed by atoms with E-state index in [0.717, 1.165) is 39.1 Å². The van der Waals surface area contributed by atoms with Crippen molar-refractivity contribution in [3.05, 3.63) is 42.2 Å². The molecular weight excluding hydrogens is 484 g/mol. The molecule has 0 amide bonds. The number of alkyl halides is 2. The van der Waals surface area contributed by atoms with Crippen molar-refractivity contribution >= 4 is 11.4 Å². The molecule has 2 fully saturated rings. The molecule has 1 aliphatic carbocycles. The van der Waals surface area contributed by atoms with E-state index in [1.54, 1.807) is 12.3 Å². The van der Waals surface area contributed by atoms with E-state index in [2.05, 4.69) is 16.8 Å². The molecule has 1 saturated carbocycles. The van der Waals surface area contributed by atoms with Gasteiger partial charge in [0.2, 0.25) is 0 Å². The molecule has 5 rings (SSSR count). The van der Waals surface area contributed by atoms with Crippen LogP contribution in [0.1, 0.15) is 36.5 Å². The van der Waals surface area contributed by atoms with E-state index in [9.17, 15) is 13.6 Å². The van der Waals surface area contributed by atoms with E-state index >= 15 is 0 Å². The second-order valence-electron chi connectivity index (χ2n) is 9.54. The maximum atomic E-state index is 13.3. The normalized spacial score (nSPS) is 18.4. The number of pyridine rings is 1. The van der Waals surface area contributed by atoms with Gasteiger partial charge in [-0.15, -0.1) is 0 Å². The number of carbonyl (C=O) groups is 1. The molecule has 0 bridgehead atoms. The number of ketones is 1. The number of hydrogen-bond acceptors (Lipinski definition) is 7. The third-order valence-corrected chi connectivity index (χ3v) is 6.88. The molecule has 1 unspecified atom stereocenters. The molecule has 2 aromatic heterocycles. The lowest BCUT2D eigenvalue weighted by molar-refractivity contribution is -0.0502. The Bertz CT molecular complexity index is 1260. The SMILES string of the molecule is COc1cc(-c2cnc3cc(OCCN4CCOCC4C)ccn23)cc(OC(F)F)c1C(=O)CC1CC1. The summed E-state index contributed by atoms with van der Waals surface area (Å²) in [5.41, 5.74) is 1.87. The minimum atomic E-state index is -3.07. The van der Waals surface area contributed by atoms with Gasteiger partial charge in [-0.05, 0) is 43.9 Å². The van der Waals surface area contributed by atoms with E-state index in [1.807, 2.05) is 22.7 Å². The van der Waals surface area contributed by atoms with E-state index in [0.29, 0.717) is 41.2 Å². The predicted octanol–water partition coefficient (Wildman–Crippen LogP) is 4.69. The Labute approximate surface area is 214 Å². The van der Waals surface area contributed by atoms with E-state index in [4.69, 9.17) is 18.9 Å². The van der Waals surface area contributed by atoms with Crippen LogP contribution in [0.25, 0.3) is 16.9 Å².